The van der Waals surface area contributed by atoms with Gasteiger partial charge in [0.05, 0.1) is 6.42 Å². The molecule has 0 aliphatic carbocycles. The Morgan fingerprint density at radius 1 is 1.62 bits per heavy atom. The van der Waals surface area contributed by atoms with Gasteiger partial charge < -0.3 is 16.4 Å². The van der Waals surface area contributed by atoms with E-state index in [4.69, 9.17) is 11.5 Å². The van der Waals surface area contributed by atoms with E-state index in [2.05, 4.69) is 0 Å². The molecule has 0 aromatic carbocycles. The van der Waals surface area contributed by atoms with Crippen LogP contribution in [0.1, 0.15) is 12.8 Å². The van der Waals surface area contributed by atoms with Crippen molar-refractivity contribution < 1.29 is 9.59 Å². The Balaban J connectivity index is 2.56. The zero-order valence-electron chi connectivity index (χ0n) is 7.32. The van der Waals surface area contributed by atoms with Crippen LogP contribution < -0.4 is 11.5 Å². The predicted molar refractivity (Wildman–Crippen MR) is 47.3 cm³/mol. The second kappa shape index (κ2) is 4.04. The van der Waals surface area contributed by atoms with Gasteiger partial charge in [-0.3, -0.25) is 9.59 Å². The van der Waals surface area contributed by atoms with Crippen LogP contribution in [0.3, 0.4) is 0 Å². The predicted octanol–water partition coefficient (Wildman–Crippen LogP) is -1.06. The van der Waals surface area contributed by atoms with E-state index < -0.39 is 5.91 Å². The van der Waals surface area contributed by atoms with Gasteiger partial charge in [-0.2, -0.15) is 0 Å². The molecule has 5 heteroatoms. The first-order chi connectivity index (χ1) is 6.15. The normalized spacial score (nSPS) is 16.2. The Kier molecular flexibility index (Phi) is 3.02. The van der Waals surface area contributed by atoms with Crippen molar-refractivity contribution in [1.82, 2.24) is 4.90 Å². The van der Waals surface area contributed by atoms with E-state index in [1.54, 1.807) is 0 Å². The van der Waals surface area contributed by atoms with Crippen molar-refractivity contribution in [3.8, 4) is 0 Å². The maximum Gasteiger partial charge on any atom is 0.246 e. The molecule has 0 spiro atoms. The van der Waals surface area contributed by atoms with Crippen LogP contribution in [-0.4, -0.2) is 29.8 Å². The van der Waals surface area contributed by atoms with Gasteiger partial charge in [-0.05, 0) is 13.0 Å². The number of carbonyl (C=O) groups excluding carboxylic acids is 2. The molecule has 1 aliphatic rings. The Labute approximate surface area is 76.4 Å². The second-order valence-electron chi connectivity index (χ2n) is 2.92. The highest BCUT2D eigenvalue weighted by Crippen LogP contribution is 2.15. The Morgan fingerprint density at radius 2 is 2.31 bits per heavy atom. The van der Waals surface area contributed by atoms with Gasteiger partial charge in [0.25, 0.3) is 0 Å². The van der Waals surface area contributed by atoms with Crippen LogP contribution in [0, 0.1) is 0 Å². The number of hydrogen-bond donors (Lipinski definition) is 2. The van der Waals surface area contributed by atoms with Crippen molar-refractivity contribution in [1.29, 1.82) is 0 Å². The molecule has 4 N–H and O–H groups in total. The lowest BCUT2D eigenvalue weighted by Crippen LogP contribution is -2.23. The first-order valence-corrected chi connectivity index (χ1v) is 4.15. The summed E-state index contributed by atoms with van der Waals surface area (Å²) in [6.45, 7) is 1.09. The summed E-state index contributed by atoms with van der Waals surface area (Å²) in [5.41, 5.74) is 10.7. The molecule has 1 aliphatic heterocycles. The number of nitrogens with two attached hydrogens (primary N) is 2. The number of primary amides is 1. The highest BCUT2D eigenvalue weighted by Gasteiger charge is 2.23. The molecular formula is C8H13N3O2. The fourth-order valence-corrected chi connectivity index (χ4v) is 1.17. The van der Waals surface area contributed by atoms with Gasteiger partial charge in [-0.1, -0.05) is 0 Å². The number of amides is 2. The molecule has 2 amide bonds. The van der Waals surface area contributed by atoms with Gasteiger partial charge in [0.1, 0.15) is 0 Å². The largest absolute Gasteiger partial charge is 0.366 e. The lowest BCUT2D eigenvalue weighted by atomic mass is 10.2. The fourth-order valence-electron chi connectivity index (χ4n) is 1.17. The van der Waals surface area contributed by atoms with E-state index >= 15 is 0 Å². The maximum absolute atomic E-state index is 11.2. The molecular weight excluding hydrogens is 170 g/mol. The summed E-state index contributed by atoms with van der Waals surface area (Å²) in [6, 6.07) is 0. The van der Waals surface area contributed by atoms with Crippen LogP contribution in [-0.2, 0) is 9.59 Å². The van der Waals surface area contributed by atoms with E-state index in [1.165, 1.54) is 11.1 Å². The molecule has 13 heavy (non-hydrogen) atoms. The van der Waals surface area contributed by atoms with E-state index in [1.807, 2.05) is 0 Å². The minimum absolute atomic E-state index is 0.0812. The average Bonchev–Trinajstić information content (AvgIpc) is 2.44. The smallest absolute Gasteiger partial charge is 0.246 e. The first-order valence-electron chi connectivity index (χ1n) is 4.15. The third-order valence-corrected chi connectivity index (χ3v) is 1.89. The molecule has 5 nitrogen and oxygen atoms in total. The molecule has 0 bridgehead atoms. The summed E-state index contributed by atoms with van der Waals surface area (Å²) in [5, 5.41) is 0. The molecule has 1 rings (SSSR count). The van der Waals surface area contributed by atoms with E-state index in [-0.39, 0.29) is 12.3 Å². The monoisotopic (exact) mass is 183 g/mol. The molecule has 0 atom stereocenters. The van der Waals surface area contributed by atoms with Gasteiger partial charge in [0.15, 0.2) is 0 Å². The summed E-state index contributed by atoms with van der Waals surface area (Å²) < 4.78 is 0. The van der Waals surface area contributed by atoms with Crippen LogP contribution >= 0.6 is 0 Å². The summed E-state index contributed by atoms with van der Waals surface area (Å²) in [4.78, 5) is 23.4. The van der Waals surface area contributed by atoms with Crippen LogP contribution in [0.25, 0.3) is 0 Å². The van der Waals surface area contributed by atoms with Crippen molar-refractivity contribution >= 4 is 11.8 Å². The summed E-state index contributed by atoms with van der Waals surface area (Å²) >= 11 is 0. The van der Waals surface area contributed by atoms with E-state index in [0.29, 0.717) is 18.7 Å². The average molecular weight is 183 g/mol. The maximum atomic E-state index is 11.2. The highest BCUT2D eigenvalue weighted by atomic mass is 16.2. The van der Waals surface area contributed by atoms with E-state index in [9.17, 15) is 9.59 Å². The van der Waals surface area contributed by atoms with Crippen molar-refractivity contribution in [2.45, 2.75) is 12.8 Å². The zero-order valence-corrected chi connectivity index (χ0v) is 7.32. The quantitative estimate of drug-likeness (QED) is 0.582. The first kappa shape index (κ1) is 9.73. The summed E-state index contributed by atoms with van der Waals surface area (Å²) in [5.74, 6) is -0.606. The van der Waals surface area contributed by atoms with Crippen molar-refractivity contribution in [2.75, 3.05) is 13.1 Å². The molecule has 1 heterocycles. The van der Waals surface area contributed by atoms with Crippen molar-refractivity contribution in [3.05, 3.63) is 11.8 Å². The zero-order chi connectivity index (χ0) is 9.84. The molecule has 0 saturated carbocycles. The standard InChI is InChI=1S/C8H13N3O2/c9-2-1-3-11-5-6(8(10)13)4-7(11)12/h5H,1-4,9H2,(H2,10,13). The van der Waals surface area contributed by atoms with Gasteiger partial charge in [0, 0.05) is 18.3 Å². The minimum Gasteiger partial charge on any atom is -0.366 e. The number of nitrogens with zero attached hydrogens (tertiary/aromatic N) is 1. The molecule has 0 radical (unpaired) electrons. The summed E-state index contributed by atoms with van der Waals surface area (Å²) in [7, 11) is 0. The lowest BCUT2D eigenvalue weighted by Gasteiger charge is -2.11. The Bertz CT molecular complexity index is 260. The van der Waals surface area contributed by atoms with E-state index in [0.717, 1.165) is 6.42 Å². The van der Waals surface area contributed by atoms with Gasteiger partial charge in [-0.25, -0.2) is 0 Å². The van der Waals surface area contributed by atoms with Crippen molar-refractivity contribution in [3.63, 3.8) is 0 Å². The molecule has 0 fully saturated rings. The topological polar surface area (TPSA) is 89.4 Å². The van der Waals surface area contributed by atoms with Crippen LogP contribution in [0.4, 0.5) is 0 Å². The SMILES string of the molecule is NCCCN1C=C(C(N)=O)CC1=O. The third kappa shape index (κ3) is 2.29. The Hall–Kier alpha value is -1.36. The van der Waals surface area contributed by atoms with Gasteiger partial charge in [-0.15, -0.1) is 0 Å². The fraction of sp³-hybridized carbons (Fsp3) is 0.500. The molecule has 0 saturated heterocycles. The second-order valence-corrected chi connectivity index (χ2v) is 2.92. The van der Waals surface area contributed by atoms with Gasteiger partial charge in [0.2, 0.25) is 11.8 Å². The Morgan fingerprint density at radius 3 is 2.77 bits per heavy atom. The van der Waals surface area contributed by atoms with Crippen LogP contribution in [0.5, 0.6) is 0 Å². The number of carbonyl (C=O) groups is 2. The minimum atomic E-state index is -0.524. The molecule has 0 unspecified atom stereocenters. The van der Waals surface area contributed by atoms with Gasteiger partial charge >= 0.3 is 0 Å². The summed E-state index contributed by atoms with van der Waals surface area (Å²) in [6.07, 6.45) is 2.37. The number of rotatable bonds is 4. The third-order valence-electron chi connectivity index (χ3n) is 1.89. The van der Waals surface area contributed by atoms with Crippen molar-refractivity contribution in [2.24, 2.45) is 11.5 Å². The number of hydrogen-bond acceptors (Lipinski definition) is 3. The van der Waals surface area contributed by atoms with Crippen LogP contribution in [0.2, 0.25) is 0 Å². The van der Waals surface area contributed by atoms with Crippen LogP contribution in [0.15, 0.2) is 11.8 Å². The lowest BCUT2D eigenvalue weighted by molar-refractivity contribution is -0.127. The molecule has 72 valence electrons. The molecule has 0 aromatic rings. The molecule has 0 aromatic heterocycles. The highest BCUT2D eigenvalue weighted by molar-refractivity contribution is 6.00.